The molecule has 180 valence electrons. The van der Waals surface area contributed by atoms with Crippen molar-refractivity contribution in [3.63, 3.8) is 0 Å². The van der Waals surface area contributed by atoms with Crippen LogP contribution in [0.3, 0.4) is 0 Å². The number of ether oxygens (including phenoxy) is 2. The standard InChI is InChI=1S/C22H28N2O7S2/c1-16-13-24(14-17(2)31-16)33(28,29)21-10-6-8-19(12-21)22(25)30-15-18-7-5-9-20(11-18)32(26,27)23(3)4/h5-12,16-17H,13-15H2,1-4H3. The van der Waals surface area contributed by atoms with Gasteiger partial charge in [-0.3, -0.25) is 0 Å². The number of carbonyl (C=O) groups excluding carboxylic acids is 1. The number of sulfonamides is 2. The van der Waals surface area contributed by atoms with Gasteiger partial charge in [0.1, 0.15) is 6.61 Å². The predicted octanol–water partition coefficient (Wildman–Crippen LogP) is 2.09. The zero-order valence-corrected chi connectivity index (χ0v) is 20.6. The third kappa shape index (κ3) is 5.79. The summed E-state index contributed by atoms with van der Waals surface area (Å²) in [6.07, 6.45) is -0.465. The van der Waals surface area contributed by atoms with Gasteiger partial charge in [-0.05, 0) is 49.7 Å². The highest BCUT2D eigenvalue weighted by molar-refractivity contribution is 7.89. The summed E-state index contributed by atoms with van der Waals surface area (Å²) in [6.45, 7) is 3.92. The Morgan fingerprint density at radius 3 is 2.24 bits per heavy atom. The summed E-state index contributed by atoms with van der Waals surface area (Å²) in [6, 6.07) is 11.8. The Bertz CT molecular complexity index is 1220. The number of carbonyl (C=O) groups is 1. The van der Waals surface area contributed by atoms with Crippen LogP contribution in [0.15, 0.2) is 58.3 Å². The Morgan fingerprint density at radius 1 is 1.00 bits per heavy atom. The average molecular weight is 497 g/mol. The average Bonchev–Trinajstić information content (AvgIpc) is 2.77. The minimum atomic E-state index is -3.81. The maximum Gasteiger partial charge on any atom is 0.338 e. The Balaban J connectivity index is 1.74. The van der Waals surface area contributed by atoms with Crippen molar-refractivity contribution < 1.29 is 31.1 Å². The lowest BCUT2D eigenvalue weighted by atomic mass is 10.2. The second-order valence-electron chi connectivity index (χ2n) is 8.12. The maximum atomic E-state index is 13.1. The van der Waals surface area contributed by atoms with Gasteiger partial charge in [-0.15, -0.1) is 0 Å². The van der Waals surface area contributed by atoms with Gasteiger partial charge in [0.15, 0.2) is 0 Å². The number of hydrogen-bond donors (Lipinski definition) is 0. The molecule has 1 heterocycles. The molecule has 1 aliphatic heterocycles. The number of morpholine rings is 1. The van der Waals surface area contributed by atoms with Gasteiger partial charge >= 0.3 is 5.97 Å². The summed E-state index contributed by atoms with van der Waals surface area (Å²) in [5, 5.41) is 0. The first kappa shape index (κ1) is 25.3. The van der Waals surface area contributed by atoms with E-state index in [0.717, 1.165) is 4.31 Å². The summed E-state index contributed by atoms with van der Waals surface area (Å²) < 4.78 is 64.1. The Morgan fingerprint density at radius 2 is 1.61 bits per heavy atom. The molecule has 1 aliphatic rings. The van der Waals surface area contributed by atoms with E-state index in [1.807, 2.05) is 13.8 Å². The van der Waals surface area contributed by atoms with Crippen molar-refractivity contribution in [3.05, 3.63) is 59.7 Å². The molecule has 1 fully saturated rings. The molecule has 0 aliphatic carbocycles. The molecule has 3 rings (SSSR count). The zero-order chi connectivity index (χ0) is 24.4. The van der Waals surface area contributed by atoms with Crippen LogP contribution >= 0.6 is 0 Å². The molecule has 0 amide bonds. The van der Waals surface area contributed by atoms with Gasteiger partial charge in [0.05, 0.1) is 27.6 Å². The second kappa shape index (κ2) is 9.90. The molecule has 9 nitrogen and oxygen atoms in total. The zero-order valence-electron chi connectivity index (χ0n) is 19.0. The third-order valence-corrected chi connectivity index (χ3v) is 8.78. The van der Waals surface area contributed by atoms with E-state index in [-0.39, 0.29) is 47.3 Å². The van der Waals surface area contributed by atoms with Gasteiger partial charge in [0.2, 0.25) is 20.0 Å². The highest BCUT2D eigenvalue weighted by Crippen LogP contribution is 2.22. The van der Waals surface area contributed by atoms with Crippen LogP contribution in [0.4, 0.5) is 0 Å². The van der Waals surface area contributed by atoms with Crippen LogP contribution in [0, 0.1) is 0 Å². The SMILES string of the molecule is CC1CN(S(=O)(=O)c2cccc(C(=O)OCc3cccc(S(=O)(=O)N(C)C)c3)c2)CC(C)O1. The van der Waals surface area contributed by atoms with Crippen molar-refractivity contribution in [2.45, 2.75) is 42.5 Å². The van der Waals surface area contributed by atoms with Crippen molar-refractivity contribution in [1.82, 2.24) is 8.61 Å². The first-order chi connectivity index (χ1) is 15.4. The maximum absolute atomic E-state index is 13.1. The van der Waals surface area contributed by atoms with E-state index in [4.69, 9.17) is 9.47 Å². The normalized spacial score (nSPS) is 20.0. The molecular formula is C22H28N2O7S2. The Kier molecular flexibility index (Phi) is 7.59. The second-order valence-corrected chi connectivity index (χ2v) is 12.2. The fourth-order valence-corrected chi connectivity index (χ4v) is 6.11. The van der Waals surface area contributed by atoms with Crippen molar-refractivity contribution in [3.8, 4) is 0 Å². The van der Waals surface area contributed by atoms with Crippen LogP contribution in [0.5, 0.6) is 0 Å². The molecule has 2 unspecified atom stereocenters. The molecule has 0 bridgehead atoms. The predicted molar refractivity (Wildman–Crippen MR) is 122 cm³/mol. The summed E-state index contributed by atoms with van der Waals surface area (Å²) in [7, 11) is -4.56. The van der Waals surface area contributed by atoms with E-state index < -0.39 is 26.0 Å². The fourth-order valence-electron chi connectivity index (χ4n) is 3.50. The van der Waals surface area contributed by atoms with E-state index >= 15 is 0 Å². The van der Waals surface area contributed by atoms with Gasteiger partial charge in [0, 0.05) is 27.2 Å². The Labute approximate surface area is 195 Å². The molecule has 33 heavy (non-hydrogen) atoms. The topological polar surface area (TPSA) is 110 Å². The third-order valence-electron chi connectivity index (χ3n) is 5.14. The molecule has 0 radical (unpaired) electrons. The quantitative estimate of drug-likeness (QED) is 0.540. The lowest BCUT2D eigenvalue weighted by Gasteiger charge is -2.34. The number of rotatable bonds is 7. The van der Waals surface area contributed by atoms with Gasteiger partial charge < -0.3 is 9.47 Å². The molecule has 11 heteroatoms. The van der Waals surface area contributed by atoms with Crippen molar-refractivity contribution >= 4 is 26.0 Å². The molecule has 0 saturated carbocycles. The van der Waals surface area contributed by atoms with Crippen LogP contribution in [-0.2, 0) is 36.1 Å². The highest BCUT2D eigenvalue weighted by Gasteiger charge is 2.32. The van der Waals surface area contributed by atoms with E-state index in [0.29, 0.717) is 5.56 Å². The van der Waals surface area contributed by atoms with Crippen molar-refractivity contribution in [2.75, 3.05) is 27.2 Å². The minimum absolute atomic E-state index is 0.00248. The monoisotopic (exact) mass is 496 g/mol. The minimum Gasteiger partial charge on any atom is -0.457 e. The number of benzene rings is 2. The fraction of sp³-hybridized carbons (Fsp3) is 0.409. The number of nitrogens with zero attached hydrogens (tertiary/aromatic N) is 2. The largest absolute Gasteiger partial charge is 0.457 e. The van der Waals surface area contributed by atoms with Crippen molar-refractivity contribution in [2.24, 2.45) is 0 Å². The molecule has 1 saturated heterocycles. The molecule has 0 aromatic heterocycles. The number of hydrogen-bond acceptors (Lipinski definition) is 7. The smallest absolute Gasteiger partial charge is 0.338 e. The summed E-state index contributed by atoms with van der Waals surface area (Å²) in [5.74, 6) is -0.711. The highest BCUT2D eigenvalue weighted by atomic mass is 32.2. The summed E-state index contributed by atoms with van der Waals surface area (Å²) >= 11 is 0. The van der Waals surface area contributed by atoms with Gasteiger partial charge in [-0.2, -0.15) is 4.31 Å². The van der Waals surface area contributed by atoms with Crippen LogP contribution in [0.25, 0.3) is 0 Å². The van der Waals surface area contributed by atoms with Crippen molar-refractivity contribution in [1.29, 1.82) is 0 Å². The Hall–Kier alpha value is -2.31. The first-order valence-electron chi connectivity index (χ1n) is 10.4. The van der Waals surface area contributed by atoms with E-state index in [1.54, 1.807) is 12.1 Å². The molecular weight excluding hydrogens is 468 g/mol. The van der Waals surface area contributed by atoms with Crippen LogP contribution < -0.4 is 0 Å². The van der Waals surface area contributed by atoms with Gasteiger partial charge in [0.25, 0.3) is 0 Å². The summed E-state index contributed by atoms with van der Waals surface area (Å²) in [4.78, 5) is 12.7. The molecule has 2 aromatic rings. The van der Waals surface area contributed by atoms with E-state index in [9.17, 15) is 21.6 Å². The first-order valence-corrected chi connectivity index (χ1v) is 13.2. The van der Waals surface area contributed by atoms with Crippen LogP contribution in [-0.4, -0.2) is 70.8 Å². The lowest BCUT2D eigenvalue weighted by Crippen LogP contribution is -2.48. The van der Waals surface area contributed by atoms with Crippen LogP contribution in [0.2, 0.25) is 0 Å². The number of esters is 1. The summed E-state index contributed by atoms with van der Waals surface area (Å²) in [5.41, 5.74) is 0.578. The van der Waals surface area contributed by atoms with Crippen LogP contribution in [0.1, 0.15) is 29.8 Å². The lowest BCUT2D eigenvalue weighted by molar-refractivity contribution is -0.0440. The van der Waals surface area contributed by atoms with E-state index in [1.165, 1.54) is 54.8 Å². The van der Waals surface area contributed by atoms with E-state index in [2.05, 4.69) is 0 Å². The molecule has 2 aromatic carbocycles. The van der Waals surface area contributed by atoms with Gasteiger partial charge in [-0.1, -0.05) is 18.2 Å². The van der Waals surface area contributed by atoms with Gasteiger partial charge in [-0.25, -0.2) is 25.9 Å². The molecule has 0 N–H and O–H groups in total. The molecule has 2 atom stereocenters. The molecule has 0 spiro atoms.